The Morgan fingerprint density at radius 1 is 0.879 bits per heavy atom. The highest BCUT2D eigenvalue weighted by molar-refractivity contribution is 7.80. The maximum absolute atomic E-state index is 12.6. The number of amides is 2. The molecule has 8 heteroatoms. The van der Waals surface area contributed by atoms with Gasteiger partial charge in [-0.3, -0.25) is 14.9 Å². The Balaban J connectivity index is 1.39. The normalized spacial score (nSPS) is 10.6. The average molecular weight is 478 g/mol. The molecule has 0 unspecified atom stereocenters. The number of thiocarbonyl (C=S) groups is 1. The van der Waals surface area contributed by atoms with Gasteiger partial charge in [0.2, 0.25) is 0 Å². The number of furan rings is 1. The minimum atomic E-state index is -0.360. The van der Waals surface area contributed by atoms with Crippen molar-refractivity contribution in [3.63, 3.8) is 0 Å². The van der Waals surface area contributed by atoms with Gasteiger partial charge in [0.25, 0.3) is 11.8 Å². The fraction of sp³-hybridized carbons (Fsp3) is 0.0800. The van der Waals surface area contributed by atoms with Gasteiger partial charge < -0.3 is 15.1 Å². The van der Waals surface area contributed by atoms with E-state index < -0.39 is 0 Å². The van der Waals surface area contributed by atoms with Gasteiger partial charge in [-0.1, -0.05) is 35.9 Å². The first-order valence-corrected chi connectivity index (χ1v) is 10.9. The van der Waals surface area contributed by atoms with Crippen molar-refractivity contribution >= 4 is 63.1 Å². The number of benzene rings is 3. The van der Waals surface area contributed by atoms with Crippen molar-refractivity contribution in [2.75, 3.05) is 10.6 Å². The van der Waals surface area contributed by atoms with Gasteiger partial charge in [0.1, 0.15) is 5.58 Å². The zero-order valence-corrected chi connectivity index (χ0v) is 19.4. The van der Waals surface area contributed by atoms with Gasteiger partial charge >= 0.3 is 0 Å². The van der Waals surface area contributed by atoms with E-state index in [0.717, 1.165) is 16.5 Å². The predicted octanol–water partition coefficient (Wildman–Crippen LogP) is 6.08. The van der Waals surface area contributed by atoms with Crippen LogP contribution >= 0.6 is 23.8 Å². The average Bonchev–Trinajstić information content (AvgIpc) is 3.22. The number of hydrogen-bond donors (Lipinski definition) is 3. The highest BCUT2D eigenvalue weighted by Gasteiger charge is 2.14. The summed E-state index contributed by atoms with van der Waals surface area (Å²) in [6.45, 7) is 3.72. The first-order valence-electron chi connectivity index (χ1n) is 10.1. The van der Waals surface area contributed by atoms with Crippen molar-refractivity contribution in [2.24, 2.45) is 0 Å². The van der Waals surface area contributed by atoms with Crippen LogP contribution in [0.2, 0.25) is 5.02 Å². The van der Waals surface area contributed by atoms with Crippen molar-refractivity contribution < 1.29 is 14.0 Å². The molecule has 0 atom stereocenters. The summed E-state index contributed by atoms with van der Waals surface area (Å²) in [5, 5.41) is 9.99. The second kappa shape index (κ2) is 9.44. The summed E-state index contributed by atoms with van der Waals surface area (Å²) in [5.41, 5.74) is 4.06. The summed E-state index contributed by atoms with van der Waals surface area (Å²) in [5.74, 6) is -0.465. The molecular formula is C25H20ClN3O3S. The summed E-state index contributed by atoms with van der Waals surface area (Å²) in [6.07, 6.45) is 0. The molecule has 0 aliphatic carbocycles. The van der Waals surface area contributed by atoms with E-state index in [-0.39, 0.29) is 22.7 Å². The van der Waals surface area contributed by atoms with Crippen LogP contribution in [-0.4, -0.2) is 16.9 Å². The number of nitrogens with one attached hydrogen (secondary N) is 3. The Bertz CT molecular complexity index is 1360. The quantitative estimate of drug-likeness (QED) is 0.310. The molecule has 0 aliphatic rings. The number of fused-ring (bicyclic) bond motifs is 1. The van der Waals surface area contributed by atoms with Crippen molar-refractivity contribution in [2.45, 2.75) is 13.8 Å². The van der Waals surface area contributed by atoms with E-state index in [2.05, 4.69) is 16.0 Å². The lowest BCUT2D eigenvalue weighted by atomic mass is 10.1. The summed E-state index contributed by atoms with van der Waals surface area (Å²) < 4.78 is 5.62. The maximum Gasteiger partial charge on any atom is 0.291 e. The van der Waals surface area contributed by atoms with E-state index in [1.807, 2.05) is 44.2 Å². The van der Waals surface area contributed by atoms with Crippen molar-refractivity contribution in [3.8, 4) is 0 Å². The number of anilines is 2. The van der Waals surface area contributed by atoms with Crippen molar-refractivity contribution in [1.82, 2.24) is 5.32 Å². The number of halogens is 1. The molecule has 0 bridgehead atoms. The Kier molecular flexibility index (Phi) is 6.44. The van der Waals surface area contributed by atoms with Gasteiger partial charge in [-0.05, 0) is 79.7 Å². The highest BCUT2D eigenvalue weighted by atomic mass is 35.5. The molecule has 0 saturated heterocycles. The second-order valence-electron chi connectivity index (χ2n) is 7.50. The van der Waals surface area contributed by atoms with Gasteiger partial charge in [-0.15, -0.1) is 0 Å². The molecule has 0 aliphatic heterocycles. The molecule has 2 amide bonds. The molecule has 4 rings (SSSR count). The summed E-state index contributed by atoms with van der Waals surface area (Å²) in [4.78, 5) is 25.0. The fourth-order valence-corrected chi connectivity index (χ4v) is 3.62. The molecular weight excluding hydrogens is 458 g/mol. The van der Waals surface area contributed by atoms with Crippen LogP contribution in [0.25, 0.3) is 11.0 Å². The molecule has 0 radical (unpaired) electrons. The number of hydrogen-bond acceptors (Lipinski definition) is 4. The SMILES string of the molecule is Cc1ccc(C(=O)NC(=S)Nc2ccc(NC(=O)c3cc4ccccc4o3)c(C)c2)cc1Cl. The topological polar surface area (TPSA) is 83.4 Å². The molecule has 6 nitrogen and oxygen atoms in total. The Morgan fingerprint density at radius 2 is 1.67 bits per heavy atom. The van der Waals surface area contributed by atoms with Crippen LogP contribution < -0.4 is 16.0 Å². The fourth-order valence-electron chi connectivity index (χ4n) is 3.23. The second-order valence-corrected chi connectivity index (χ2v) is 8.32. The Labute approximate surface area is 200 Å². The number of aryl methyl sites for hydroxylation is 2. The molecule has 166 valence electrons. The third kappa shape index (κ3) is 5.22. The van der Waals surface area contributed by atoms with Crippen LogP contribution in [0, 0.1) is 13.8 Å². The zero-order chi connectivity index (χ0) is 23.5. The largest absolute Gasteiger partial charge is 0.451 e. The summed E-state index contributed by atoms with van der Waals surface area (Å²) in [6, 6.07) is 19.5. The molecule has 33 heavy (non-hydrogen) atoms. The molecule has 4 aromatic rings. The molecule has 1 aromatic heterocycles. The lowest BCUT2D eigenvalue weighted by Crippen LogP contribution is -2.34. The van der Waals surface area contributed by atoms with Crippen LogP contribution in [0.4, 0.5) is 11.4 Å². The smallest absolute Gasteiger partial charge is 0.291 e. The van der Waals surface area contributed by atoms with E-state index in [4.69, 9.17) is 28.2 Å². The van der Waals surface area contributed by atoms with E-state index in [9.17, 15) is 9.59 Å². The summed E-state index contributed by atoms with van der Waals surface area (Å²) >= 11 is 11.3. The molecule has 3 N–H and O–H groups in total. The number of rotatable bonds is 4. The van der Waals surface area contributed by atoms with Crippen molar-refractivity contribution in [3.05, 3.63) is 94.2 Å². The molecule has 0 fully saturated rings. The van der Waals surface area contributed by atoms with E-state index in [0.29, 0.717) is 27.5 Å². The predicted molar refractivity (Wildman–Crippen MR) is 135 cm³/mol. The summed E-state index contributed by atoms with van der Waals surface area (Å²) in [7, 11) is 0. The van der Waals surface area contributed by atoms with Crippen LogP contribution in [0.15, 0.2) is 71.1 Å². The van der Waals surface area contributed by atoms with Crippen LogP contribution in [0.5, 0.6) is 0 Å². The third-order valence-electron chi connectivity index (χ3n) is 5.04. The highest BCUT2D eigenvalue weighted by Crippen LogP contribution is 2.23. The molecule has 1 heterocycles. The first kappa shape index (κ1) is 22.5. The van der Waals surface area contributed by atoms with Gasteiger partial charge in [-0.2, -0.15) is 0 Å². The number of carbonyl (C=O) groups excluding carboxylic acids is 2. The zero-order valence-electron chi connectivity index (χ0n) is 17.9. The van der Waals surface area contributed by atoms with Crippen LogP contribution in [-0.2, 0) is 0 Å². The van der Waals surface area contributed by atoms with E-state index in [1.165, 1.54) is 0 Å². The maximum atomic E-state index is 12.6. The lowest BCUT2D eigenvalue weighted by molar-refractivity contribution is 0.0975. The molecule has 0 spiro atoms. The standard InChI is InChI=1S/C25H20ClN3O3S/c1-14-7-8-17(12-19(14)26)23(30)29-25(33)27-18-9-10-20(15(2)11-18)28-24(31)22-13-16-5-3-4-6-21(16)32-22/h3-13H,1-2H3,(H,28,31)(H2,27,29,30,33). The van der Waals surface area contributed by atoms with Gasteiger partial charge in [-0.25, -0.2) is 0 Å². The Hall–Kier alpha value is -3.68. The van der Waals surface area contributed by atoms with Crippen LogP contribution in [0.1, 0.15) is 32.0 Å². The van der Waals surface area contributed by atoms with Gasteiger partial charge in [0.15, 0.2) is 10.9 Å². The lowest BCUT2D eigenvalue weighted by Gasteiger charge is -2.13. The van der Waals surface area contributed by atoms with Crippen LogP contribution in [0.3, 0.4) is 0 Å². The monoisotopic (exact) mass is 477 g/mol. The minimum absolute atomic E-state index is 0.148. The van der Waals surface area contributed by atoms with E-state index >= 15 is 0 Å². The van der Waals surface area contributed by atoms with Gasteiger partial charge in [0, 0.05) is 27.3 Å². The third-order valence-corrected chi connectivity index (χ3v) is 5.65. The van der Waals surface area contributed by atoms with Gasteiger partial charge in [0.05, 0.1) is 0 Å². The van der Waals surface area contributed by atoms with E-state index in [1.54, 1.807) is 36.4 Å². The molecule has 3 aromatic carbocycles. The number of para-hydroxylation sites is 1. The number of carbonyl (C=O) groups is 2. The molecule has 0 saturated carbocycles. The first-order chi connectivity index (χ1) is 15.8. The Morgan fingerprint density at radius 3 is 2.39 bits per heavy atom. The minimum Gasteiger partial charge on any atom is -0.451 e. The van der Waals surface area contributed by atoms with Crippen molar-refractivity contribution in [1.29, 1.82) is 0 Å².